The van der Waals surface area contributed by atoms with Crippen LogP contribution in [0.3, 0.4) is 0 Å². The lowest BCUT2D eigenvalue weighted by molar-refractivity contribution is -0.205. The first-order valence-corrected chi connectivity index (χ1v) is 14.0. The largest absolute Gasteiger partial charge is 0.388 e. The van der Waals surface area contributed by atoms with Crippen molar-refractivity contribution in [2.75, 3.05) is 19.4 Å². The predicted molar refractivity (Wildman–Crippen MR) is 142 cm³/mol. The summed E-state index contributed by atoms with van der Waals surface area (Å²) < 4.78 is 12.1. The zero-order valence-electron chi connectivity index (χ0n) is 20.3. The molecule has 11 atom stereocenters. The standard InChI is InChI=1S/C25H37ClN2O6S.CH4/c1-12-4-6-14(7-5-12)15-8-9-33-22-16(10-15)11-27-18(22)24(32)28-17(13(2)26)23-20(30)19(29)21(31)25(34-23)35-3;/h4-7,13,15-23,25,27,29-31H,8-11H2,1-3H3,(H,28,32);1H4/t13-,15-,16-,17+,18-,19+,20?,21+,22+,23+,25?;/m0./s1. The minimum Gasteiger partial charge on any atom is -0.388 e. The Morgan fingerprint density at radius 3 is 2.53 bits per heavy atom. The molecule has 3 aliphatic rings. The van der Waals surface area contributed by atoms with Crippen molar-refractivity contribution in [2.45, 2.75) is 93.5 Å². The Bertz CT molecular complexity index is 859. The molecule has 3 heterocycles. The van der Waals surface area contributed by atoms with E-state index >= 15 is 0 Å². The molecule has 3 fully saturated rings. The molecule has 1 aromatic rings. The van der Waals surface area contributed by atoms with E-state index in [1.165, 1.54) is 22.9 Å². The van der Waals surface area contributed by atoms with Crippen molar-refractivity contribution in [2.24, 2.45) is 5.92 Å². The smallest absolute Gasteiger partial charge is 0.240 e. The molecule has 2 unspecified atom stereocenters. The van der Waals surface area contributed by atoms with Gasteiger partial charge in [-0.15, -0.1) is 23.4 Å². The second kappa shape index (κ2) is 12.8. The van der Waals surface area contributed by atoms with Gasteiger partial charge in [-0.2, -0.15) is 0 Å². The molecule has 3 saturated heterocycles. The molecule has 36 heavy (non-hydrogen) atoms. The Kier molecular flexibility index (Phi) is 10.5. The lowest BCUT2D eigenvalue weighted by atomic mass is 9.85. The Morgan fingerprint density at radius 1 is 1.19 bits per heavy atom. The molecule has 0 aliphatic carbocycles. The number of rotatable bonds is 6. The number of thioether (sulfide) groups is 1. The van der Waals surface area contributed by atoms with Crippen LogP contribution in [-0.2, 0) is 14.3 Å². The van der Waals surface area contributed by atoms with E-state index in [2.05, 4.69) is 41.8 Å². The Labute approximate surface area is 223 Å². The molecule has 5 N–H and O–H groups in total. The number of carbonyl (C=O) groups excluding carboxylic acids is 1. The van der Waals surface area contributed by atoms with Crippen LogP contribution in [0.25, 0.3) is 0 Å². The summed E-state index contributed by atoms with van der Waals surface area (Å²) in [5.74, 6) is 0.300. The van der Waals surface area contributed by atoms with Crippen molar-refractivity contribution in [3.63, 3.8) is 0 Å². The molecule has 0 aromatic heterocycles. The average molecular weight is 545 g/mol. The van der Waals surface area contributed by atoms with Gasteiger partial charge in [0.25, 0.3) is 0 Å². The van der Waals surface area contributed by atoms with Crippen LogP contribution < -0.4 is 10.6 Å². The number of fused-ring (bicyclic) bond motifs is 1. The predicted octanol–water partition coefficient (Wildman–Crippen LogP) is 1.76. The molecule has 1 aromatic carbocycles. The molecular weight excluding hydrogens is 504 g/mol. The van der Waals surface area contributed by atoms with Gasteiger partial charge in [0.05, 0.1) is 17.5 Å². The van der Waals surface area contributed by atoms with Gasteiger partial charge in [0.1, 0.15) is 35.9 Å². The fraction of sp³-hybridized carbons (Fsp3) is 0.731. The fourth-order valence-corrected chi connectivity index (χ4v) is 6.41. The maximum absolute atomic E-state index is 13.4. The SMILES string of the molecule is C.CSC1O[C@H]([C@H](NC(=O)[C@H]2NC[C@@H]3C[C@@H](c4ccc(C)cc4)CCO[C@H]32)[C@H](C)Cl)C(O)[C@@H](O)[C@H]1O. The molecule has 0 saturated carbocycles. The number of alkyl halides is 1. The molecule has 0 radical (unpaired) electrons. The number of aliphatic hydroxyl groups is 3. The number of benzene rings is 1. The van der Waals surface area contributed by atoms with Crippen molar-refractivity contribution in [1.29, 1.82) is 0 Å². The summed E-state index contributed by atoms with van der Waals surface area (Å²) in [5.41, 5.74) is 1.79. The number of ether oxygens (including phenoxy) is 2. The molecule has 10 heteroatoms. The third-order valence-electron chi connectivity index (χ3n) is 7.58. The maximum Gasteiger partial charge on any atom is 0.240 e. The van der Waals surface area contributed by atoms with Gasteiger partial charge in [-0.25, -0.2) is 0 Å². The van der Waals surface area contributed by atoms with Crippen molar-refractivity contribution < 1.29 is 29.6 Å². The van der Waals surface area contributed by atoms with Crippen molar-refractivity contribution in [3.8, 4) is 0 Å². The van der Waals surface area contributed by atoms with E-state index in [-0.39, 0.29) is 25.4 Å². The van der Waals surface area contributed by atoms with E-state index < -0.39 is 47.3 Å². The van der Waals surface area contributed by atoms with Crippen LogP contribution >= 0.6 is 23.4 Å². The van der Waals surface area contributed by atoms with E-state index in [1.54, 1.807) is 13.2 Å². The van der Waals surface area contributed by atoms with Crippen LogP contribution in [0.2, 0.25) is 0 Å². The van der Waals surface area contributed by atoms with E-state index in [1.807, 2.05) is 0 Å². The third kappa shape index (κ3) is 6.21. The second-order valence-corrected chi connectivity index (χ2v) is 11.6. The highest BCUT2D eigenvalue weighted by atomic mass is 35.5. The zero-order chi connectivity index (χ0) is 25.3. The molecule has 4 rings (SSSR count). The highest BCUT2D eigenvalue weighted by Gasteiger charge is 2.49. The van der Waals surface area contributed by atoms with Gasteiger partial charge in [0, 0.05) is 19.1 Å². The second-order valence-electron chi connectivity index (χ2n) is 10.0. The monoisotopic (exact) mass is 544 g/mol. The third-order valence-corrected chi connectivity index (χ3v) is 8.71. The van der Waals surface area contributed by atoms with Gasteiger partial charge < -0.3 is 35.4 Å². The summed E-state index contributed by atoms with van der Waals surface area (Å²) in [4.78, 5) is 13.4. The quantitative estimate of drug-likeness (QED) is 0.344. The maximum atomic E-state index is 13.4. The number of halogens is 1. The summed E-state index contributed by atoms with van der Waals surface area (Å²) in [5, 5.41) is 36.8. The average Bonchev–Trinajstić information content (AvgIpc) is 3.12. The first kappa shape index (κ1) is 29.6. The van der Waals surface area contributed by atoms with E-state index in [0.29, 0.717) is 19.1 Å². The summed E-state index contributed by atoms with van der Waals surface area (Å²) in [6.07, 6.45) is -1.69. The van der Waals surface area contributed by atoms with Gasteiger partial charge in [-0.05, 0) is 44.4 Å². The highest BCUT2D eigenvalue weighted by Crippen LogP contribution is 2.36. The molecule has 8 nitrogen and oxygen atoms in total. The molecular formula is C26H41ClN2O6S. The fourth-order valence-electron chi connectivity index (χ4n) is 5.52. The van der Waals surface area contributed by atoms with E-state index in [0.717, 1.165) is 12.8 Å². The normalized spacial score (nSPS) is 38.2. The topological polar surface area (TPSA) is 120 Å². The number of nitrogens with one attached hydrogen (secondary N) is 2. The van der Waals surface area contributed by atoms with Crippen molar-refractivity contribution in [3.05, 3.63) is 35.4 Å². The van der Waals surface area contributed by atoms with Crippen LogP contribution in [-0.4, -0.2) is 94.1 Å². The summed E-state index contributed by atoms with van der Waals surface area (Å²) in [6, 6.07) is 7.30. The van der Waals surface area contributed by atoms with Gasteiger partial charge >= 0.3 is 0 Å². The number of carbonyl (C=O) groups is 1. The minimum atomic E-state index is -1.40. The Morgan fingerprint density at radius 2 is 1.89 bits per heavy atom. The molecule has 0 spiro atoms. The molecule has 204 valence electrons. The molecule has 3 aliphatic heterocycles. The minimum absolute atomic E-state index is 0. The van der Waals surface area contributed by atoms with Crippen LogP contribution in [0.15, 0.2) is 24.3 Å². The number of amides is 1. The summed E-state index contributed by atoms with van der Waals surface area (Å²) in [7, 11) is 0. The first-order chi connectivity index (χ1) is 16.7. The number of hydrogen-bond donors (Lipinski definition) is 5. The van der Waals surface area contributed by atoms with Crippen LogP contribution in [0.5, 0.6) is 0 Å². The van der Waals surface area contributed by atoms with E-state index in [4.69, 9.17) is 21.1 Å². The first-order valence-electron chi connectivity index (χ1n) is 12.3. The highest BCUT2D eigenvalue weighted by molar-refractivity contribution is 7.99. The van der Waals surface area contributed by atoms with Gasteiger partial charge in [-0.1, -0.05) is 37.3 Å². The Balaban J connectivity index is 0.00000361. The van der Waals surface area contributed by atoms with Gasteiger partial charge in [0.2, 0.25) is 5.91 Å². The zero-order valence-corrected chi connectivity index (χ0v) is 21.9. The number of hydrogen-bond acceptors (Lipinski definition) is 8. The van der Waals surface area contributed by atoms with E-state index in [9.17, 15) is 20.1 Å². The van der Waals surface area contributed by atoms with Gasteiger partial charge in [0.15, 0.2) is 0 Å². The summed E-state index contributed by atoms with van der Waals surface area (Å²) >= 11 is 7.64. The summed E-state index contributed by atoms with van der Waals surface area (Å²) in [6.45, 7) is 5.03. The lowest BCUT2D eigenvalue weighted by Crippen LogP contribution is -2.65. The number of aliphatic hydroxyl groups excluding tert-OH is 3. The van der Waals surface area contributed by atoms with Crippen LogP contribution in [0, 0.1) is 12.8 Å². The van der Waals surface area contributed by atoms with Gasteiger partial charge in [-0.3, -0.25) is 4.79 Å². The Hall–Kier alpha value is -0.910. The number of aryl methyl sites for hydroxylation is 1. The van der Waals surface area contributed by atoms with Crippen molar-refractivity contribution >= 4 is 29.3 Å². The van der Waals surface area contributed by atoms with Crippen molar-refractivity contribution in [1.82, 2.24) is 10.6 Å². The lowest BCUT2D eigenvalue weighted by Gasteiger charge is -2.44. The van der Waals surface area contributed by atoms with Crippen LogP contribution in [0.1, 0.15) is 44.2 Å². The molecule has 1 amide bonds. The molecule has 0 bridgehead atoms. The van der Waals surface area contributed by atoms with Crippen LogP contribution in [0.4, 0.5) is 0 Å².